The van der Waals surface area contributed by atoms with E-state index in [1.807, 2.05) is 6.08 Å². The second-order valence-electron chi connectivity index (χ2n) is 3.23. The van der Waals surface area contributed by atoms with E-state index in [-0.39, 0.29) is 0 Å². The van der Waals surface area contributed by atoms with Crippen LogP contribution in [-0.2, 0) is 0 Å². The number of fused-ring (bicyclic) bond motifs is 2. The normalized spacial score (nSPS) is 23.8. The Hall–Kier alpha value is -1.50. The van der Waals surface area contributed by atoms with E-state index in [2.05, 4.69) is 18.2 Å². The van der Waals surface area contributed by atoms with Gasteiger partial charge in [-0.25, -0.2) is 0 Å². The maximum absolute atomic E-state index is 9.59. The molecule has 1 heteroatoms. The van der Waals surface area contributed by atoms with Gasteiger partial charge in [0.15, 0.2) is 0 Å². The van der Waals surface area contributed by atoms with Crippen molar-refractivity contribution in [3.05, 3.63) is 58.4 Å². The fourth-order valence-electron chi connectivity index (χ4n) is 1.76. The number of rotatable bonds is 0. The van der Waals surface area contributed by atoms with Crippen LogP contribution in [0.4, 0.5) is 0 Å². The minimum Gasteiger partial charge on any atom is -0.508 e. The Bertz CT molecular complexity index is 414. The number of aliphatic hydroxyl groups excluding tert-OH is 1. The topological polar surface area (TPSA) is 20.2 Å². The van der Waals surface area contributed by atoms with Crippen LogP contribution < -0.4 is 0 Å². The average Bonchev–Trinajstić information content (AvgIpc) is 2.70. The van der Waals surface area contributed by atoms with Gasteiger partial charge in [-0.15, -0.1) is 0 Å². The fraction of sp³-hybridized carbons (Fsp3) is 0.0909. The van der Waals surface area contributed by atoms with Crippen molar-refractivity contribution < 1.29 is 5.11 Å². The number of hydrogen-bond acceptors (Lipinski definition) is 1. The Morgan fingerprint density at radius 1 is 1.25 bits per heavy atom. The van der Waals surface area contributed by atoms with E-state index in [1.165, 1.54) is 16.7 Å². The van der Waals surface area contributed by atoms with Crippen molar-refractivity contribution in [3.8, 4) is 0 Å². The van der Waals surface area contributed by atoms with Crippen molar-refractivity contribution in [1.29, 1.82) is 0 Å². The van der Waals surface area contributed by atoms with Crippen molar-refractivity contribution in [3.63, 3.8) is 0 Å². The minimum atomic E-state index is 0.426. The smallest absolute Gasteiger partial charge is 0.119 e. The quantitative estimate of drug-likeness (QED) is 0.571. The molecular formula is C11H8O. The predicted octanol–water partition coefficient (Wildman–Crippen LogP) is 2.56. The summed E-state index contributed by atoms with van der Waals surface area (Å²) in [5.74, 6) is 0.426. The predicted molar refractivity (Wildman–Crippen MR) is 47.7 cm³/mol. The van der Waals surface area contributed by atoms with E-state index in [4.69, 9.17) is 0 Å². The molecule has 1 nitrogen and oxygen atoms in total. The molecule has 0 unspecified atom stereocenters. The summed E-state index contributed by atoms with van der Waals surface area (Å²) >= 11 is 0. The van der Waals surface area contributed by atoms with Crippen LogP contribution in [0.5, 0.6) is 0 Å². The van der Waals surface area contributed by atoms with Gasteiger partial charge < -0.3 is 5.11 Å². The molecule has 0 amide bonds. The molecule has 0 aromatic heterocycles. The van der Waals surface area contributed by atoms with Crippen LogP contribution in [0.3, 0.4) is 0 Å². The second kappa shape index (κ2) is 1.81. The van der Waals surface area contributed by atoms with Crippen LogP contribution in [0, 0.1) is 0 Å². The van der Waals surface area contributed by atoms with E-state index >= 15 is 0 Å². The van der Waals surface area contributed by atoms with Gasteiger partial charge in [0, 0.05) is 5.57 Å². The first-order valence-electron chi connectivity index (χ1n) is 4.10. The lowest BCUT2D eigenvalue weighted by Gasteiger charge is -2.00. The largest absolute Gasteiger partial charge is 0.508 e. The molecule has 0 radical (unpaired) electrons. The Kier molecular flexibility index (Phi) is 0.912. The lowest BCUT2D eigenvalue weighted by molar-refractivity contribution is 0.421. The van der Waals surface area contributed by atoms with Gasteiger partial charge in [-0.2, -0.15) is 0 Å². The Balaban J connectivity index is 2.22. The third-order valence-electron chi connectivity index (χ3n) is 2.48. The van der Waals surface area contributed by atoms with Crippen LogP contribution in [-0.4, -0.2) is 5.11 Å². The summed E-state index contributed by atoms with van der Waals surface area (Å²) < 4.78 is 0. The highest BCUT2D eigenvalue weighted by Gasteiger charge is 2.26. The van der Waals surface area contributed by atoms with Crippen molar-refractivity contribution in [2.24, 2.45) is 0 Å². The van der Waals surface area contributed by atoms with Gasteiger partial charge in [0.25, 0.3) is 0 Å². The second-order valence-corrected chi connectivity index (χ2v) is 3.23. The van der Waals surface area contributed by atoms with Crippen LogP contribution in [0.2, 0.25) is 0 Å². The zero-order chi connectivity index (χ0) is 8.13. The molecule has 0 spiro atoms. The van der Waals surface area contributed by atoms with Crippen LogP contribution >= 0.6 is 0 Å². The van der Waals surface area contributed by atoms with Gasteiger partial charge in [-0.05, 0) is 35.3 Å². The van der Waals surface area contributed by atoms with E-state index in [0.29, 0.717) is 5.76 Å². The monoisotopic (exact) mass is 156 g/mol. The summed E-state index contributed by atoms with van der Waals surface area (Å²) in [6, 6.07) is 0. The van der Waals surface area contributed by atoms with Crippen molar-refractivity contribution in [2.45, 2.75) is 6.42 Å². The molecule has 3 aliphatic carbocycles. The first kappa shape index (κ1) is 6.06. The molecule has 3 rings (SSSR count). The molecule has 1 N–H and O–H groups in total. The molecule has 0 saturated carbocycles. The summed E-state index contributed by atoms with van der Waals surface area (Å²) in [4.78, 5) is 0. The van der Waals surface area contributed by atoms with Gasteiger partial charge in [0.1, 0.15) is 5.76 Å². The number of allylic oxidation sites excluding steroid dienone is 9. The van der Waals surface area contributed by atoms with Gasteiger partial charge >= 0.3 is 0 Å². The van der Waals surface area contributed by atoms with Crippen molar-refractivity contribution in [2.75, 3.05) is 0 Å². The average molecular weight is 156 g/mol. The first-order chi connectivity index (χ1) is 5.86. The summed E-state index contributed by atoms with van der Waals surface area (Å²) in [6.45, 7) is 0. The van der Waals surface area contributed by atoms with Gasteiger partial charge in [0.05, 0.1) is 0 Å². The summed E-state index contributed by atoms with van der Waals surface area (Å²) in [5, 5.41) is 9.59. The molecule has 12 heavy (non-hydrogen) atoms. The Morgan fingerprint density at radius 2 is 2.17 bits per heavy atom. The summed E-state index contributed by atoms with van der Waals surface area (Å²) in [5.41, 5.74) is 4.86. The molecule has 0 heterocycles. The molecule has 0 aliphatic heterocycles. The van der Waals surface area contributed by atoms with E-state index in [0.717, 1.165) is 12.0 Å². The van der Waals surface area contributed by atoms with E-state index in [9.17, 15) is 5.11 Å². The summed E-state index contributed by atoms with van der Waals surface area (Å²) in [6.07, 6.45) is 11.0. The zero-order valence-corrected chi connectivity index (χ0v) is 6.54. The van der Waals surface area contributed by atoms with Crippen LogP contribution in [0.25, 0.3) is 0 Å². The maximum atomic E-state index is 9.59. The molecule has 0 atom stereocenters. The maximum Gasteiger partial charge on any atom is 0.119 e. The third kappa shape index (κ3) is 0.632. The standard InChI is InChI=1S/C11H8O/c12-11-5-4-7-6-10(7)8-2-1-3-9(8)11/h1-2,4-6,12H,3H2. The molecule has 0 bridgehead atoms. The van der Waals surface area contributed by atoms with Crippen LogP contribution in [0.1, 0.15) is 6.42 Å². The van der Waals surface area contributed by atoms with Crippen LogP contribution in [0.15, 0.2) is 58.4 Å². The van der Waals surface area contributed by atoms with Gasteiger partial charge in [-0.3, -0.25) is 0 Å². The molecule has 3 aliphatic rings. The van der Waals surface area contributed by atoms with Crippen molar-refractivity contribution in [1.82, 2.24) is 0 Å². The molecule has 58 valence electrons. The third-order valence-corrected chi connectivity index (χ3v) is 2.48. The number of hydrogen-bond donors (Lipinski definition) is 1. The van der Waals surface area contributed by atoms with Gasteiger partial charge in [0.2, 0.25) is 0 Å². The highest BCUT2D eigenvalue weighted by atomic mass is 16.3. The molecule has 0 aromatic carbocycles. The first-order valence-corrected chi connectivity index (χ1v) is 4.10. The Labute approximate surface area is 70.7 Å². The zero-order valence-electron chi connectivity index (χ0n) is 6.54. The SMILES string of the molecule is OC1=CC=C2C=C2C2=C1CC=C2. The highest BCUT2D eigenvalue weighted by Crippen LogP contribution is 2.43. The Morgan fingerprint density at radius 3 is 3.08 bits per heavy atom. The number of aliphatic hydroxyl groups is 1. The molecule has 0 saturated heterocycles. The van der Waals surface area contributed by atoms with E-state index < -0.39 is 0 Å². The lowest BCUT2D eigenvalue weighted by atomic mass is 10.1. The fourth-order valence-corrected chi connectivity index (χ4v) is 1.76. The lowest BCUT2D eigenvalue weighted by Crippen LogP contribution is -1.86. The van der Waals surface area contributed by atoms with E-state index in [1.54, 1.807) is 6.08 Å². The minimum absolute atomic E-state index is 0.426. The molecule has 0 aromatic rings. The van der Waals surface area contributed by atoms with Gasteiger partial charge in [-0.1, -0.05) is 18.2 Å². The highest BCUT2D eigenvalue weighted by molar-refractivity contribution is 5.75. The molecular weight excluding hydrogens is 148 g/mol. The molecule has 0 fully saturated rings. The van der Waals surface area contributed by atoms with Crippen molar-refractivity contribution >= 4 is 0 Å². The summed E-state index contributed by atoms with van der Waals surface area (Å²) in [7, 11) is 0.